The highest BCUT2D eigenvalue weighted by Crippen LogP contribution is 2.34. The fourth-order valence-electron chi connectivity index (χ4n) is 4.37. The van der Waals surface area contributed by atoms with Gasteiger partial charge in [0.2, 0.25) is 15.9 Å². The van der Waals surface area contributed by atoms with Crippen LogP contribution >= 0.6 is 0 Å². The molecular weight excluding hydrogens is 410 g/mol. The van der Waals surface area contributed by atoms with Crippen LogP contribution in [0.25, 0.3) is 0 Å². The van der Waals surface area contributed by atoms with E-state index in [4.69, 9.17) is 9.88 Å². The summed E-state index contributed by atoms with van der Waals surface area (Å²) >= 11 is 0. The number of hydrogen-bond donors (Lipinski definition) is 2. The molecule has 1 aromatic carbocycles. The van der Waals surface area contributed by atoms with E-state index in [0.29, 0.717) is 30.5 Å². The van der Waals surface area contributed by atoms with Crippen LogP contribution in [0.1, 0.15) is 51.5 Å². The standard InChI is InChI=1S/C20H27N3O6S/c1-13-10-15-11-16(30(21,27)28)6-7-17(15)23(13)18(25)12-29-19(26)20(22-14(2)24)8-4-3-5-9-20/h6-7,11,13H,3-5,8-10,12H2,1-2H3,(H,22,24)(H2,21,27,28). The highest BCUT2D eigenvalue weighted by atomic mass is 32.2. The van der Waals surface area contributed by atoms with Crippen LogP contribution in [0.2, 0.25) is 0 Å². The zero-order chi connectivity index (χ0) is 22.1. The van der Waals surface area contributed by atoms with Crippen LogP contribution < -0.4 is 15.4 Å². The Hall–Kier alpha value is -2.46. The Bertz CT molecular complexity index is 969. The number of anilines is 1. The van der Waals surface area contributed by atoms with Gasteiger partial charge in [-0.15, -0.1) is 0 Å². The maximum atomic E-state index is 12.8. The molecule has 30 heavy (non-hydrogen) atoms. The predicted molar refractivity (Wildman–Crippen MR) is 109 cm³/mol. The molecule has 10 heteroatoms. The minimum Gasteiger partial charge on any atom is -0.454 e. The lowest BCUT2D eigenvalue weighted by atomic mass is 9.81. The van der Waals surface area contributed by atoms with Crippen LogP contribution in [-0.2, 0) is 35.6 Å². The Morgan fingerprint density at radius 1 is 1.23 bits per heavy atom. The predicted octanol–water partition coefficient (Wildman–Crippen LogP) is 0.994. The molecule has 1 unspecified atom stereocenters. The molecular formula is C20H27N3O6S. The van der Waals surface area contributed by atoms with Crippen LogP contribution in [-0.4, -0.2) is 44.4 Å². The van der Waals surface area contributed by atoms with Gasteiger partial charge >= 0.3 is 5.97 Å². The van der Waals surface area contributed by atoms with E-state index in [9.17, 15) is 22.8 Å². The number of nitrogens with two attached hydrogens (primary N) is 1. The molecule has 1 heterocycles. The first-order chi connectivity index (χ1) is 14.0. The normalized spacial score (nSPS) is 20.4. The number of carbonyl (C=O) groups is 3. The third-order valence-corrected chi connectivity index (χ3v) is 6.61. The van der Waals surface area contributed by atoms with Crippen molar-refractivity contribution in [1.82, 2.24) is 5.32 Å². The smallest absolute Gasteiger partial charge is 0.332 e. The lowest BCUT2D eigenvalue weighted by Crippen LogP contribution is -2.56. The zero-order valence-corrected chi connectivity index (χ0v) is 18.0. The summed E-state index contributed by atoms with van der Waals surface area (Å²) < 4.78 is 28.5. The molecule has 1 aliphatic carbocycles. The summed E-state index contributed by atoms with van der Waals surface area (Å²) in [6.07, 6.45) is 4.01. The van der Waals surface area contributed by atoms with Gasteiger partial charge in [0.15, 0.2) is 6.61 Å². The summed E-state index contributed by atoms with van der Waals surface area (Å²) in [4.78, 5) is 38.7. The SMILES string of the molecule is CC(=O)NC1(C(=O)OCC(=O)N2c3ccc(S(N)(=O)=O)cc3CC2C)CCCCC1. The first kappa shape index (κ1) is 22.2. The molecule has 0 radical (unpaired) electrons. The second kappa shape index (κ2) is 8.35. The number of nitrogens with one attached hydrogen (secondary N) is 1. The number of ether oxygens (including phenoxy) is 1. The van der Waals surface area contributed by atoms with E-state index in [2.05, 4.69) is 5.32 Å². The fourth-order valence-corrected chi connectivity index (χ4v) is 4.94. The summed E-state index contributed by atoms with van der Waals surface area (Å²) in [5, 5.41) is 7.91. The number of fused-ring (bicyclic) bond motifs is 1. The van der Waals surface area contributed by atoms with E-state index in [-0.39, 0.29) is 16.8 Å². The van der Waals surface area contributed by atoms with Crippen LogP contribution in [0.3, 0.4) is 0 Å². The Morgan fingerprint density at radius 3 is 2.50 bits per heavy atom. The minimum absolute atomic E-state index is 0.0104. The first-order valence-electron chi connectivity index (χ1n) is 9.97. The molecule has 2 aliphatic rings. The number of amides is 2. The maximum Gasteiger partial charge on any atom is 0.332 e. The van der Waals surface area contributed by atoms with Gasteiger partial charge in [-0.1, -0.05) is 19.3 Å². The lowest BCUT2D eigenvalue weighted by Gasteiger charge is -2.35. The number of hydrogen-bond acceptors (Lipinski definition) is 6. The molecule has 0 spiro atoms. The van der Waals surface area contributed by atoms with Gasteiger partial charge in [-0.25, -0.2) is 18.4 Å². The van der Waals surface area contributed by atoms with Gasteiger partial charge in [-0.3, -0.25) is 9.59 Å². The fraction of sp³-hybridized carbons (Fsp3) is 0.550. The molecule has 3 N–H and O–H groups in total. The summed E-state index contributed by atoms with van der Waals surface area (Å²) in [5.74, 6) is -1.32. The van der Waals surface area contributed by atoms with Gasteiger partial charge in [-0.05, 0) is 49.9 Å². The van der Waals surface area contributed by atoms with Crippen molar-refractivity contribution in [2.75, 3.05) is 11.5 Å². The molecule has 1 aliphatic heterocycles. The summed E-state index contributed by atoms with van der Waals surface area (Å²) in [5.41, 5.74) is 0.185. The highest BCUT2D eigenvalue weighted by molar-refractivity contribution is 7.89. The van der Waals surface area contributed by atoms with E-state index in [0.717, 1.165) is 19.3 Å². The van der Waals surface area contributed by atoms with Gasteiger partial charge in [0, 0.05) is 18.7 Å². The molecule has 0 bridgehead atoms. The van der Waals surface area contributed by atoms with Crippen LogP contribution in [0.5, 0.6) is 0 Å². The molecule has 1 atom stereocenters. The van der Waals surface area contributed by atoms with Gasteiger partial charge in [0.25, 0.3) is 5.91 Å². The molecule has 164 valence electrons. The average molecular weight is 438 g/mol. The molecule has 1 saturated carbocycles. The van der Waals surface area contributed by atoms with Gasteiger partial charge < -0.3 is 15.0 Å². The van der Waals surface area contributed by atoms with E-state index in [1.165, 1.54) is 30.0 Å². The monoisotopic (exact) mass is 437 g/mol. The number of primary sulfonamides is 1. The maximum absolute atomic E-state index is 12.8. The Balaban J connectivity index is 1.72. The lowest BCUT2D eigenvalue weighted by molar-refractivity contribution is -0.157. The molecule has 1 aromatic rings. The number of rotatable bonds is 5. The van der Waals surface area contributed by atoms with Crippen molar-refractivity contribution in [1.29, 1.82) is 0 Å². The topological polar surface area (TPSA) is 136 Å². The number of esters is 1. The highest BCUT2D eigenvalue weighted by Gasteiger charge is 2.42. The van der Waals surface area contributed by atoms with Crippen LogP contribution in [0.4, 0.5) is 5.69 Å². The summed E-state index contributed by atoms with van der Waals surface area (Å²) in [7, 11) is -3.84. The first-order valence-corrected chi connectivity index (χ1v) is 11.5. The Labute approximate surface area is 176 Å². The van der Waals surface area contributed by atoms with Crippen LogP contribution in [0.15, 0.2) is 23.1 Å². The van der Waals surface area contributed by atoms with Crippen molar-refractivity contribution in [2.24, 2.45) is 5.14 Å². The van der Waals surface area contributed by atoms with Gasteiger partial charge in [-0.2, -0.15) is 0 Å². The molecule has 0 aromatic heterocycles. The quantitative estimate of drug-likeness (QED) is 0.660. The number of nitrogens with zero attached hydrogens (tertiary/aromatic N) is 1. The van der Waals surface area contributed by atoms with E-state index in [1.807, 2.05) is 6.92 Å². The minimum atomic E-state index is -3.84. The number of carbonyl (C=O) groups excluding carboxylic acids is 3. The van der Waals surface area contributed by atoms with Crippen molar-refractivity contribution in [2.45, 2.75) is 68.8 Å². The van der Waals surface area contributed by atoms with Crippen molar-refractivity contribution in [3.05, 3.63) is 23.8 Å². The van der Waals surface area contributed by atoms with E-state index >= 15 is 0 Å². The second-order valence-electron chi connectivity index (χ2n) is 8.05. The molecule has 0 saturated heterocycles. The molecule has 9 nitrogen and oxygen atoms in total. The van der Waals surface area contributed by atoms with E-state index < -0.39 is 34.0 Å². The number of sulfonamides is 1. The van der Waals surface area contributed by atoms with Crippen molar-refractivity contribution >= 4 is 33.5 Å². The van der Waals surface area contributed by atoms with Gasteiger partial charge in [0.1, 0.15) is 5.54 Å². The number of benzene rings is 1. The Kier molecular flexibility index (Phi) is 6.19. The summed E-state index contributed by atoms with van der Waals surface area (Å²) in [6, 6.07) is 4.14. The molecule has 1 fully saturated rings. The average Bonchev–Trinajstić information content (AvgIpc) is 3.00. The van der Waals surface area contributed by atoms with Crippen molar-refractivity contribution < 1.29 is 27.5 Å². The largest absolute Gasteiger partial charge is 0.454 e. The third kappa shape index (κ3) is 4.49. The molecule has 3 rings (SSSR count). The van der Waals surface area contributed by atoms with E-state index in [1.54, 1.807) is 0 Å². The molecule has 2 amide bonds. The zero-order valence-electron chi connectivity index (χ0n) is 17.1. The Morgan fingerprint density at radius 2 is 1.90 bits per heavy atom. The van der Waals surface area contributed by atoms with Crippen molar-refractivity contribution in [3.8, 4) is 0 Å². The van der Waals surface area contributed by atoms with Crippen LogP contribution in [0, 0.1) is 0 Å². The summed E-state index contributed by atoms with van der Waals surface area (Å²) in [6.45, 7) is 2.73. The third-order valence-electron chi connectivity index (χ3n) is 5.70. The van der Waals surface area contributed by atoms with Crippen molar-refractivity contribution in [3.63, 3.8) is 0 Å². The van der Waals surface area contributed by atoms with Gasteiger partial charge in [0.05, 0.1) is 4.90 Å². The second-order valence-corrected chi connectivity index (χ2v) is 9.61.